The summed E-state index contributed by atoms with van der Waals surface area (Å²) in [6.45, 7) is 0. The first kappa shape index (κ1) is 15.3. The number of hydrogen-bond acceptors (Lipinski definition) is 4. The maximum absolute atomic E-state index is 11.7. The van der Waals surface area contributed by atoms with Gasteiger partial charge in [-0.3, -0.25) is 9.59 Å². The van der Waals surface area contributed by atoms with E-state index in [1.165, 1.54) is 39.9 Å². The van der Waals surface area contributed by atoms with E-state index in [2.05, 4.69) is 0 Å². The largest absolute Gasteiger partial charge is 0.469 e. The molecule has 0 aliphatic heterocycles. The number of ether oxygens (including phenoxy) is 2. The molecule has 0 saturated heterocycles. The molecule has 0 aromatic rings. The zero-order valence-corrected chi connectivity index (χ0v) is 12.7. The quantitative estimate of drug-likeness (QED) is 0.744. The highest BCUT2D eigenvalue weighted by Crippen LogP contribution is 2.51. The first-order valence-corrected chi connectivity index (χ1v) is 7.72. The van der Waals surface area contributed by atoms with Gasteiger partial charge < -0.3 is 9.47 Å². The molecule has 2 aliphatic carbocycles. The van der Waals surface area contributed by atoms with Crippen LogP contribution in [0.2, 0.25) is 0 Å². The Kier molecular flexibility index (Phi) is 5.06. The fourth-order valence-corrected chi connectivity index (χ4v) is 4.22. The Bertz CT molecular complexity index is 345. The van der Waals surface area contributed by atoms with Gasteiger partial charge in [-0.15, -0.1) is 0 Å². The fraction of sp³-hybridized carbons (Fsp3) is 0.875. The molecule has 4 heteroatoms. The molecule has 0 heterocycles. The summed E-state index contributed by atoms with van der Waals surface area (Å²) in [4.78, 5) is 23.5. The molecule has 114 valence electrons. The normalized spacial score (nSPS) is 28.3. The van der Waals surface area contributed by atoms with Crippen molar-refractivity contribution in [3.8, 4) is 0 Å². The molecule has 0 amide bonds. The van der Waals surface area contributed by atoms with Crippen molar-refractivity contribution in [1.82, 2.24) is 0 Å². The Morgan fingerprint density at radius 2 is 1.50 bits per heavy atom. The average Bonchev–Trinajstić information content (AvgIpc) is 2.46. The molecular weight excluding hydrogens is 256 g/mol. The van der Waals surface area contributed by atoms with Gasteiger partial charge in [0.25, 0.3) is 0 Å². The molecule has 2 fully saturated rings. The Balaban J connectivity index is 2.09. The summed E-state index contributed by atoms with van der Waals surface area (Å²) in [7, 11) is 2.83. The lowest BCUT2D eigenvalue weighted by Gasteiger charge is -2.46. The number of carbonyl (C=O) groups is 2. The third-order valence-electron chi connectivity index (χ3n) is 5.30. The van der Waals surface area contributed by atoms with Crippen LogP contribution in [0, 0.1) is 17.3 Å². The van der Waals surface area contributed by atoms with Crippen LogP contribution in [0.5, 0.6) is 0 Å². The fourth-order valence-electron chi connectivity index (χ4n) is 4.22. The number of hydrogen-bond donors (Lipinski definition) is 0. The van der Waals surface area contributed by atoms with Crippen LogP contribution in [0.3, 0.4) is 0 Å². The molecule has 20 heavy (non-hydrogen) atoms. The van der Waals surface area contributed by atoms with Crippen molar-refractivity contribution < 1.29 is 19.1 Å². The number of rotatable bonds is 4. The van der Waals surface area contributed by atoms with E-state index in [0.29, 0.717) is 18.8 Å². The Morgan fingerprint density at radius 1 is 0.950 bits per heavy atom. The number of methoxy groups -OCH3 is 2. The van der Waals surface area contributed by atoms with Gasteiger partial charge in [-0.1, -0.05) is 25.7 Å². The van der Waals surface area contributed by atoms with E-state index in [1.807, 2.05) is 0 Å². The molecule has 2 atom stereocenters. The van der Waals surface area contributed by atoms with Crippen LogP contribution in [0.25, 0.3) is 0 Å². The minimum Gasteiger partial charge on any atom is -0.469 e. The SMILES string of the molecule is COC(=O)CC1(CC(=O)OC)CC[C@H]2CCCC[C@@H]2C1. The number of fused-ring (bicyclic) bond motifs is 1. The zero-order valence-electron chi connectivity index (χ0n) is 12.7. The van der Waals surface area contributed by atoms with Gasteiger partial charge >= 0.3 is 11.9 Å². The van der Waals surface area contributed by atoms with Crippen LogP contribution in [0.15, 0.2) is 0 Å². The van der Waals surface area contributed by atoms with Gasteiger partial charge in [0, 0.05) is 0 Å². The summed E-state index contributed by atoms with van der Waals surface area (Å²) in [5.41, 5.74) is -0.237. The van der Waals surface area contributed by atoms with Gasteiger partial charge in [0.2, 0.25) is 0 Å². The molecule has 0 N–H and O–H groups in total. The third-order valence-corrected chi connectivity index (χ3v) is 5.30. The molecule has 2 rings (SSSR count). The molecule has 0 aromatic carbocycles. The van der Waals surface area contributed by atoms with Crippen LogP contribution < -0.4 is 0 Å². The van der Waals surface area contributed by atoms with Crippen molar-refractivity contribution >= 4 is 11.9 Å². The molecule has 2 aliphatic rings. The molecule has 0 bridgehead atoms. The zero-order chi connectivity index (χ0) is 14.6. The van der Waals surface area contributed by atoms with Gasteiger partial charge in [-0.05, 0) is 36.5 Å². The van der Waals surface area contributed by atoms with E-state index in [-0.39, 0.29) is 17.4 Å². The van der Waals surface area contributed by atoms with E-state index in [1.54, 1.807) is 0 Å². The second-order valence-electron chi connectivity index (χ2n) is 6.55. The van der Waals surface area contributed by atoms with E-state index in [9.17, 15) is 9.59 Å². The van der Waals surface area contributed by atoms with Crippen LogP contribution in [-0.4, -0.2) is 26.2 Å². The van der Waals surface area contributed by atoms with Crippen molar-refractivity contribution in [3.05, 3.63) is 0 Å². The van der Waals surface area contributed by atoms with Crippen molar-refractivity contribution in [2.24, 2.45) is 17.3 Å². The van der Waals surface area contributed by atoms with E-state index >= 15 is 0 Å². The second kappa shape index (κ2) is 6.59. The summed E-state index contributed by atoms with van der Waals surface area (Å²) in [6.07, 6.45) is 8.93. The predicted molar refractivity (Wildman–Crippen MR) is 75.0 cm³/mol. The Labute approximate surface area is 121 Å². The van der Waals surface area contributed by atoms with Crippen LogP contribution >= 0.6 is 0 Å². The lowest BCUT2D eigenvalue weighted by Crippen LogP contribution is -2.38. The van der Waals surface area contributed by atoms with Gasteiger partial charge in [-0.2, -0.15) is 0 Å². The smallest absolute Gasteiger partial charge is 0.306 e. The first-order chi connectivity index (χ1) is 9.58. The van der Waals surface area contributed by atoms with Crippen LogP contribution in [0.4, 0.5) is 0 Å². The van der Waals surface area contributed by atoms with E-state index in [0.717, 1.165) is 25.2 Å². The minimum atomic E-state index is -0.237. The highest BCUT2D eigenvalue weighted by atomic mass is 16.5. The van der Waals surface area contributed by atoms with Gasteiger partial charge in [0.15, 0.2) is 0 Å². The standard InChI is InChI=1S/C16H26O4/c1-19-14(17)10-16(11-15(18)20-2)8-7-12-5-3-4-6-13(12)9-16/h12-13H,3-11H2,1-2H3/t12-,13-/m1/s1. The second-order valence-corrected chi connectivity index (χ2v) is 6.55. The predicted octanol–water partition coefficient (Wildman–Crippen LogP) is 3.09. The van der Waals surface area contributed by atoms with Gasteiger partial charge in [0.1, 0.15) is 0 Å². The van der Waals surface area contributed by atoms with Crippen molar-refractivity contribution in [2.45, 2.75) is 57.8 Å². The average molecular weight is 282 g/mol. The molecule has 0 unspecified atom stereocenters. The molecule has 4 nitrogen and oxygen atoms in total. The summed E-state index contributed by atoms with van der Waals surface area (Å²) in [6, 6.07) is 0. The third kappa shape index (κ3) is 3.53. The molecular formula is C16H26O4. The summed E-state index contributed by atoms with van der Waals surface area (Å²) in [5, 5.41) is 0. The molecule has 0 radical (unpaired) electrons. The summed E-state index contributed by atoms with van der Waals surface area (Å²) >= 11 is 0. The molecule has 2 saturated carbocycles. The van der Waals surface area contributed by atoms with Crippen LogP contribution in [-0.2, 0) is 19.1 Å². The lowest BCUT2D eigenvalue weighted by atomic mass is 9.59. The topological polar surface area (TPSA) is 52.6 Å². The summed E-state index contributed by atoms with van der Waals surface area (Å²) < 4.78 is 9.68. The van der Waals surface area contributed by atoms with Crippen molar-refractivity contribution in [2.75, 3.05) is 14.2 Å². The Morgan fingerprint density at radius 3 is 2.05 bits per heavy atom. The summed E-state index contributed by atoms with van der Waals surface area (Å²) in [5.74, 6) is 1.06. The number of esters is 2. The van der Waals surface area contributed by atoms with Gasteiger partial charge in [0.05, 0.1) is 27.1 Å². The van der Waals surface area contributed by atoms with Crippen LogP contribution in [0.1, 0.15) is 57.8 Å². The number of carbonyl (C=O) groups excluding carboxylic acids is 2. The monoisotopic (exact) mass is 282 g/mol. The molecule has 0 aromatic heterocycles. The van der Waals surface area contributed by atoms with Gasteiger partial charge in [-0.25, -0.2) is 0 Å². The maximum Gasteiger partial charge on any atom is 0.306 e. The molecule has 0 spiro atoms. The maximum atomic E-state index is 11.7. The van der Waals surface area contributed by atoms with E-state index in [4.69, 9.17) is 9.47 Å². The van der Waals surface area contributed by atoms with Crippen molar-refractivity contribution in [1.29, 1.82) is 0 Å². The first-order valence-electron chi connectivity index (χ1n) is 7.72. The lowest BCUT2D eigenvalue weighted by molar-refractivity contribution is -0.150. The highest BCUT2D eigenvalue weighted by molar-refractivity contribution is 5.74. The van der Waals surface area contributed by atoms with E-state index < -0.39 is 0 Å². The minimum absolute atomic E-state index is 0.205. The highest BCUT2D eigenvalue weighted by Gasteiger charge is 2.44. The van der Waals surface area contributed by atoms with Crippen molar-refractivity contribution in [3.63, 3.8) is 0 Å². The Hall–Kier alpha value is -1.06.